The summed E-state index contributed by atoms with van der Waals surface area (Å²) >= 11 is 1.82. The molecule has 1 aromatic rings. The zero-order valence-corrected chi connectivity index (χ0v) is 16.1. The molecular formula is C18H27N5O3S. The Labute approximate surface area is 163 Å². The van der Waals surface area contributed by atoms with Gasteiger partial charge in [-0.15, -0.1) is 0 Å². The molecule has 2 rings (SSSR count). The Morgan fingerprint density at radius 1 is 1.22 bits per heavy atom. The summed E-state index contributed by atoms with van der Waals surface area (Å²) < 4.78 is 0. The molecule has 6 N–H and O–H groups in total. The number of hydrogen-bond acceptors (Lipinski definition) is 6. The molecule has 1 atom stereocenters. The Hall–Kier alpha value is -2.10. The summed E-state index contributed by atoms with van der Waals surface area (Å²) in [4.78, 5) is 26.1. The van der Waals surface area contributed by atoms with Crippen LogP contribution >= 0.6 is 11.8 Å². The van der Waals surface area contributed by atoms with E-state index in [1.807, 2.05) is 36.0 Å². The Morgan fingerprint density at radius 2 is 1.85 bits per heavy atom. The van der Waals surface area contributed by atoms with Crippen molar-refractivity contribution >= 4 is 29.4 Å². The average molecular weight is 394 g/mol. The molecule has 0 saturated carbocycles. The number of benzene rings is 1. The minimum atomic E-state index is -0.786. The molecule has 1 unspecified atom stereocenters. The van der Waals surface area contributed by atoms with Crippen LogP contribution in [-0.4, -0.2) is 71.4 Å². The highest BCUT2D eigenvalue weighted by molar-refractivity contribution is 7.99. The molecule has 0 aliphatic carbocycles. The molecule has 9 heteroatoms. The van der Waals surface area contributed by atoms with Crippen molar-refractivity contribution in [3.63, 3.8) is 0 Å². The summed E-state index contributed by atoms with van der Waals surface area (Å²) in [5.74, 6) is 1.46. The molecule has 0 bridgehead atoms. The van der Waals surface area contributed by atoms with E-state index in [4.69, 9.17) is 11.1 Å². The Kier molecular flexibility index (Phi) is 8.56. The summed E-state index contributed by atoms with van der Waals surface area (Å²) in [6, 6.07) is 6.74. The van der Waals surface area contributed by atoms with Crippen LogP contribution in [0.5, 0.6) is 0 Å². The van der Waals surface area contributed by atoms with Gasteiger partial charge >= 0.3 is 0 Å². The fourth-order valence-electron chi connectivity index (χ4n) is 2.69. The lowest BCUT2D eigenvalue weighted by atomic mass is 10.1. The van der Waals surface area contributed by atoms with Crippen LogP contribution < -0.4 is 16.4 Å². The molecule has 0 aromatic heterocycles. The first-order valence-corrected chi connectivity index (χ1v) is 10.0. The van der Waals surface area contributed by atoms with Crippen LogP contribution in [0.4, 0.5) is 0 Å². The third-order valence-electron chi connectivity index (χ3n) is 4.25. The predicted octanol–water partition coefficient (Wildman–Crippen LogP) is -0.693. The van der Waals surface area contributed by atoms with E-state index < -0.39 is 11.9 Å². The highest BCUT2D eigenvalue weighted by Crippen LogP contribution is 2.09. The van der Waals surface area contributed by atoms with E-state index >= 15 is 0 Å². The van der Waals surface area contributed by atoms with Gasteiger partial charge in [0.15, 0.2) is 0 Å². The van der Waals surface area contributed by atoms with E-state index in [0.717, 1.165) is 22.6 Å². The van der Waals surface area contributed by atoms with Gasteiger partial charge in [-0.1, -0.05) is 24.3 Å². The summed E-state index contributed by atoms with van der Waals surface area (Å²) in [6.45, 7) is 1.40. The van der Waals surface area contributed by atoms with Crippen LogP contribution in [-0.2, 0) is 22.6 Å². The van der Waals surface area contributed by atoms with E-state index in [2.05, 4.69) is 10.6 Å². The quantitative estimate of drug-likeness (QED) is 0.279. The zero-order valence-electron chi connectivity index (χ0n) is 15.2. The number of aliphatic hydroxyl groups is 1. The molecule has 1 fully saturated rings. The number of nitrogens with one attached hydrogen (secondary N) is 3. The third kappa shape index (κ3) is 7.20. The van der Waals surface area contributed by atoms with Gasteiger partial charge in [-0.2, -0.15) is 11.8 Å². The molecule has 1 heterocycles. The lowest BCUT2D eigenvalue weighted by Crippen LogP contribution is -2.50. The SMILES string of the molecule is N=C(N)Cc1ccc(CNC(CO)C(=O)NCC(=O)N2CCSCC2)cc1. The Bertz CT molecular complexity index is 647. The maximum atomic E-state index is 12.2. The van der Waals surface area contributed by atoms with E-state index in [1.165, 1.54) is 0 Å². The number of carbonyl (C=O) groups excluding carboxylic acids is 2. The van der Waals surface area contributed by atoms with Crippen LogP contribution in [0.2, 0.25) is 0 Å². The molecule has 148 valence electrons. The largest absolute Gasteiger partial charge is 0.394 e. The molecule has 0 spiro atoms. The third-order valence-corrected chi connectivity index (χ3v) is 5.19. The van der Waals surface area contributed by atoms with Gasteiger partial charge in [0, 0.05) is 37.6 Å². The zero-order chi connectivity index (χ0) is 19.6. The fraction of sp³-hybridized carbons (Fsp3) is 0.500. The second-order valence-electron chi connectivity index (χ2n) is 6.35. The predicted molar refractivity (Wildman–Crippen MR) is 107 cm³/mol. The first-order chi connectivity index (χ1) is 13.0. The molecule has 0 radical (unpaired) electrons. The van der Waals surface area contributed by atoms with Gasteiger partial charge in [0.25, 0.3) is 0 Å². The van der Waals surface area contributed by atoms with E-state index in [-0.39, 0.29) is 24.9 Å². The lowest BCUT2D eigenvalue weighted by molar-refractivity contribution is -0.133. The summed E-state index contributed by atoms with van der Waals surface area (Å²) in [6.07, 6.45) is 0.402. The number of carbonyl (C=O) groups is 2. The standard InChI is InChI=1S/C18H27N5O3S/c19-16(20)9-13-1-3-14(4-2-13)10-21-15(12-24)18(26)22-11-17(25)23-5-7-27-8-6-23/h1-4,15,21,24H,5-12H2,(H3,19,20)(H,22,26). The van der Waals surface area contributed by atoms with Gasteiger partial charge in [0.1, 0.15) is 6.04 Å². The van der Waals surface area contributed by atoms with Gasteiger partial charge < -0.3 is 21.1 Å². The van der Waals surface area contributed by atoms with Crippen molar-refractivity contribution in [2.24, 2.45) is 5.73 Å². The van der Waals surface area contributed by atoms with Crippen molar-refractivity contribution < 1.29 is 14.7 Å². The van der Waals surface area contributed by atoms with E-state index in [0.29, 0.717) is 26.1 Å². The number of nitrogens with zero attached hydrogens (tertiary/aromatic N) is 1. The maximum Gasteiger partial charge on any atom is 0.242 e. The van der Waals surface area contributed by atoms with Gasteiger partial charge in [-0.05, 0) is 11.1 Å². The van der Waals surface area contributed by atoms with Crippen molar-refractivity contribution in [2.45, 2.75) is 19.0 Å². The second-order valence-corrected chi connectivity index (χ2v) is 7.57. The monoisotopic (exact) mass is 393 g/mol. The van der Waals surface area contributed by atoms with Crippen LogP contribution in [0.25, 0.3) is 0 Å². The summed E-state index contributed by atoms with van der Waals surface area (Å²) in [5, 5.41) is 22.4. The maximum absolute atomic E-state index is 12.2. The van der Waals surface area contributed by atoms with Crippen molar-refractivity contribution in [1.29, 1.82) is 5.41 Å². The van der Waals surface area contributed by atoms with Crippen LogP contribution in [0, 0.1) is 5.41 Å². The molecule has 1 aliphatic heterocycles. The number of rotatable bonds is 9. The van der Waals surface area contributed by atoms with Gasteiger partial charge in [-0.3, -0.25) is 20.3 Å². The number of thioether (sulfide) groups is 1. The molecule has 1 aromatic carbocycles. The molecule has 1 saturated heterocycles. The van der Waals surface area contributed by atoms with Crippen LogP contribution in [0.3, 0.4) is 0 Å². The first kappa shape index (κ1) is 21.2. The minimum Gasteiger partial charge on any atom is -0.394 e. The first-order valence-electron chi connectivity index (χ1n) is 8.87. The molecule has 1 aliphatic rings. The normalized spacial score (nSPS) is 15.2. The molecular weight excluding hydrogens is 366 g/mol. The number of nitrogens with two attached hydrogens (primary N) is 1. The van der Waals surface area contributed by atoms with Gasteiger partial charge in [-0.25, -0.2) is 0 Å². The summed E-state index contributed by atoms with van der Waals surface area (Å²) in [7, 11) is 0. The van der Waals surface area contributed by atoms with Gasteiger partial charge in [0.2, 0.25) is 11.8 Å². The smallest absolute Gasteiger partial charge is 0.242 e. The molecule has 8 nitrogen and oxygen atoms in total. The highest BCUT2D eigenvalue weighted by Gasteiger charge is 2.20. The highest BCUT2D eigenvalue weighted by atomic mass is 32.2. The number of hydrogen-bond donors (Lipinski definition) is 5. The molecule has 27 heavy (non-hydrogen) atoms. The van der Waals surface area contributed by atoms with Crippen LogP contribution in [0.1, 0.15) is 11.1 Å². The van der Waals surface area contributed by atoms with Crippen molar-refractivity contribution in [3.05, 3.63) is 35.4 Å². The topological polar surface area (TPSA) is 132 Å². The van der Waals surface area contributed by atoms with Crippen molar-refractivity contribution in [3.8, 4) is 0 Å². The second kappa shape index (κ2) is 10.9. The Balaban J connectivity index is 1.77. The minimum absolute atomic E-state index is 0.0541. The molecule has 2 amide bonds. The van der Waals surface area contributed by atoms with E-state index in [9.17, 15) is 14.7 Å². The fourth-order valence-corrected chi connectivity index (χ4v) is 3.59. The average Bonchev–Trinajstić information content (AvgIpc) is 2.68. The van der Waals surface area contributed by atoms with Gasteiger partial charge in [0.05, 0.1) is 19.0 Å². The number of amidine groups is 1. The van der Waals surface area contributed by atoms with E-state index in [1.54, 1.807) is 4.90 Å². The Morgan fingerprint density at radius 3 is 2.44 bits per heavy atom. The number of aliphatic hydroxyl groups excluding tert-OH is 1. The van der Waals surface area contributed by atoms with Crippen molar-refractivity contribution in [2.75, 3.05) is 37.7 Å². The lowest BCUT2D eigenvalue weighted by Gasteiger charge is -2.26. The van der Waals surface area contributed by atoms with Crippen molar-refractivity contribution in [1.82, 2.24) is 15.5 Å². The van der Waals surface area contributed by atoms with Crippen LogP contribution in [0.15, 0.2) is 24.3 Å². The summed E-state index contributed by atoms with van der Waals surface area (Å²) in [5.41, 5.74) is 7.26. The number of amides is 2.